The molecular formula is C21H14Cl2N4O5. The summed E-state index contributed by atoms with van der Waals surface area (Å²) in [5.41, 5.74) is 0.870. The maximum absolute atomic E-state index is 13.1. The molecule has 1 aliphatic rings. The van der Waals surface area contributed by atoms with Crippen molar-refractivity contribution in [2.75, 3.05) is 19.6 Å². The van der Waals surface area contributed by atoms with Gasteiger partial charge in [0.15, 0.2) is 5.78 Å². The minimum absolute atomic E-state index is 0.0249. The minimum atomic E-state index is -0.617. The number of piperidine rings is 1. The van der Waals surface area contributed by atoms with E-state index < -0.39 is 9.85 Å². The smallest absolute Gasteiger partial charge is 0.288 e. The van der Waals surface area contributed by atoms with Gasteiger partial charge in [0.2, 0.25) is 0 Å². The Bertz CT molecular complexity index is 1150. The molecule has 0 amide bonds. The van der Waals surface area contributed by atoms with Crippen molar-refractivity contribution in [2.45, 2.75) is 0 Å². The maximum Gasteiger partial charge on any atom is 0.288 e. The number of halogens is 2. The molecule has 1 fully saturated rings. The molecule has 2 aromatic carbocycles. The molecule has 0 unspecified atom stereocenters. The third-order valence-electron chi connectivity index (χ3n) is 4.68. The number of nitrogens with zero attached hydrogens (tertiary/aromatic N) is 4. The normalized spacial score (nSPS) is 16.8. The van der Waals surface area contributed by atoms with Crippen molar-refractivity contribution >= 4 is 52.5 Å². The van der Waals surface area contributed by atoms with Crippen molar-refractivity contribution in [1.82, 2.24) is 4.90 Å². The zero-order valence-electron chi connectivity index (χ0n) is 16.3. The van der Waals surface area contributed by atoms with Crippen LogP contribution in [0.1, 0.15) is 11.1 Å². The van der Waals surface area contributed by atoms with Crippen LogP contribution >= 0.6 is 23.2 Å². The first-order valence-corrected chi connectivity index (χ1v) is 9.88. The zero-order chi connectivity index (χ0) is 23.4. The molecule has 0 aliphatic carbocycles. The van der Waals surface area contributed by atoms with Gasteiger partial charge in [-0.15, -0.1) is 0 Å². The number of carbonyl (C=O) groups excluding carboxylic acids is 1. The fourth-order valence-corrected chi connectivity index (χ4v) is 3.62. The highest BCUT2D eigenvalue weighted by atomic mass is 35.5. The molecule has 0 saturated carbocycles. The Balaban J connectivity index is 2.03. The van der Waals surface area contributed by atoms with Gasteiger partial charge in [-0.25, -0.2) is 0 Å². The van der Waals surface area contributed by atoms with Crippen LogP contribution in [0.15, 0.2) is 47.5 Å². The standard InChI is InChI=1S/C21H14Cl2N4O5/c22-17-3-1-13(9-19(17)26(29)30)7-15-11-25(6-5-24)12-16(21(15)28)8-14-2-4-18(23)20(10-14)27(31)32/h1-4,7-10H,6,11-12H2. The Kier molecular flexibility index (Phi) is 7.00. The van der Waals surface area contributed by atoms with Crippen molar-refractivity contribution in [3.8, 4) is 6.07 Å². The zero-order valence-corrected chi connectivity index (χ0v) is 17.8. The monoisotopic (exact) mass is 472 g/mol. The van der Waals surface area contributed by atoms with Crippen molar-refractivity contribution < 1.29 is 14.6 Å². The van der Waals surface area contributed by atoms with Crippen LogP contribution in [0.2, 0.25) is 10.0 Å². The summed E-state index contributed by atoms with van der Waals surface area (Å²) in [6.07, 6.45) is 3.01. The van der Waals surface area contributed by atoms with E-state index in [4.69, 9.17) is 28.5 Å². The van der Waals surface area contributed by atoms with Crippen LogP contribution in [-0.4, -0.2) is 40.2 Å². The maximum atomic E-state index is 13.1. The lowest BCUT2D eigenvalue weighted by Gasteiger charge is -2.27. The molecule has 2 aromatic rings. The first-order valence-electron chi connectivity index (χ1n) is 9.12. The number of Topliss-reactive ketones (excluding diaryl/α,β-unsaturated/α-hetero) is 1. The molecule has 0 radical (unpaired) electrons. The average Bonchev–Trinajstić information content (AvgIpc) is 2.73. The average molecular weight is 473 g/mol. The Morgan fingerprint density at radius 1 is 0.938 bits per heavy atom. The van der Waals surface area contributed by atoms with Crippen molar-refractivity contribution in [1.29, 1.82) is 5.26 Å². The third-order valence-corrected chi connectivity index (χ3v) is 5.32. The van der Waals surface area contributed by atoms with Crippen LogP contribution in [0.3, 0.4) is 0 Å². The van der Waals surface area contributed by atoms with E-state index in [0.717, 1.165) is 0 Å². The van der Waals surface area contributed by atoms with E-state index >= 15 is 0 Å². The molecule has 11 heteroatoms. The lowest BCUT2D eigenvalue weighted by molar-refractivity contribution is -0.384. The van der Waals surface area contributed by atoms with E-state index in [1.54, 1.807) is 17.0 Å². The number of ketones is 1. The molecule has 9 nitrogen and oxygen atoms in total. The summed E-state index contributed by atoms with van der Waals surface area (Å²) >= 11 is 11.7. The van der Waals surface area contributed by atoms with Crippen LogP contribution in [0.4, 0.5) is 11.4 Å². The summed E-state index contributed by atoms with van der Waals surface area (Å²) in [6, 6.07) is 10.4. The van der Waals surface area contributed by atoms with Gasteiger partial charge in [0.05, 0.1) is 22.5 Å². The number of hydrogen-bond acceptors (Lipinski definition) is 7. The van der Waals surface area contributed by atoms with Gasteiger partial charge in [0.1, 0.15) is 10.0 Å². The molecular weight excluding hydrogens is 459 g/mol. The fraction of sp³-hybridized carbons (Fsp3) is 0.143. The summed E-state index contributed by atoms with van der Waals surface area (Å²) in [5, 5.41) is 31.3. The second kappa shape index (κ2) is 9.70. The van der Waals surface area contributed by atoms with Crippen LogP contribution in [-0.2, 0) is 4.79 Å². The number of nitriles is 1. The van der Waals surface area contributed by atoms with Crippen molar-refractivity contribution in [2.24, 2.45) is 0 Å². The number of nitro benzene ring substituents is 2. The third kappa shape index (κ3) is 5.18. The molecule has 1 aliphatic heterocycles. The molecule has 0 spiro atoms. The van der Waals surface area contributed by atoms with Crippen LogP contribution in [0, 0.1) is 31.6 Å². The quantitative estimate of drug-likeness (QED) is 0.267. The number of hydrogen-bond donors (Lipinski definition) is 0. The van der Waals surface area contributed by atoms with Crippen LogP contribution in [0.5, 0.6) is 0 Å². The number of carbonyl (C=O) groups is 1. The summed E-state index contributed by atoms with van der Waals surface area (Å²) < 4.78 is 0. The predicted molar refractivity (Wildman–Crippen MR) is 119 cm³/mol. The Morgan fingerprint density at radius 2 is 1.38 bits per heavy atom. The molecule has 32 heavy (non-hydrogen) atoms. The minimum Gasteiger partial charge on any atom is -0.289 e. The summed E-state index contributed by atoms with van der Waals surface area (Å²) in [7, 11) is 0. The van der Waals surface area contributed by atoms with E-state index in [-0.39, 0.29) is 46.8 Å². The van der Waals surface area contributed by atoms with Gasteiger partial charge in [-0.05, 0) is 35.4 Å². The van der Waals surface area contributed by atoms with Crippen LogP contribution in [0.25, 0.3) is 12.2 Å². The van der Waals surface area contributed by atoms with E-state index in [1.165, 1.54) is 36.4 Å². The Labute approximate surface area is 192 Å². The van der Waals surface area contributed by atoms with Gasteiger partial charge in [-0.3, -0.25) is 29.9 Å². The SMILES string of the molecule is N#CCN1CC(=Cc2ccc(Cl)c([N+](=O)[O-])c2)C(=O)C(=Cc2ccc(Cl)c([N+](=O)[O-])c2)C1. The van der Waals surface area contributed by atoms with Crippen LogP contribution < -0.4 is 0 Å². The highest BCUT2D eigenvalue weighted by molar-refractivity contribution is 6.33. The lowest BCUT2D eigenvalue weighted by atomic mass is 9.94. The molecule has 3 rings (SSSR count). The second-order valence-corrected chi connectivity index (χ2v) is 7.72. The summed E-state index contributed by atoms with van der Waals surface area (Å²) in [6.45, 7) is 0.380. The Morgan fingerprint density at radius 3 is 1.75 bits per heavy atom. The first-order chi connectivity index (χ1) is 15.2. The topological polar surface area (TPSA) is 130 Å². The van der Waals surface area contributed by atoms with Gasteiger partial charge in [0, 0.05) is 36.4 Å². The van der Waals surface area contributed by atoms with Gasteiger partial charge < -0.3 is 0 Å². The van der Waals surface area contributed by atoms with Gasteiger partial charge >= 0.3 is 0 Å². The first kappa shape index (κ1) is 23.1. The molecule has 162 valence electrons. The molecule has 1 heterocycles. The lowest BCUT2D eigenvalue weighted by Crippen LogP contribution is -2.37. The van der Waals surface area contributed by atoms with E-state index in [0.29, 0.717) is 22.3 Å². The van der Waals surface area contributed by atoms with E-state index in [1.807, 2.05) is 6.07 Å². The molecule has 0 N–H and O–H groups in total. The summed E-state index contributed by atoms with van der Waals surface area (Å²) in [5.74, 6) is -0.325. The summed E-state index contributed by atoms with van der Waals surface area (Å²) in [4.78, 5) is 35.9. The fourth-order valence-electron chi connectivity index (χ4n) is 3.24. The number of rotatable bonds is 5. The predicted octanol–water partition coefficient (Wildman–Crippen LogP) is 4.69. The van der Waals surface area contributed by atoms with Crippen molar-refractivity contribution in [3.05, 3.63) is 88.9 Å². The van der Waals surface area contributed by atoms with E-state index in [9.17, 15) is 25.0 Å². The highest BCUT2D eigenvalue weighted by Crippen LogP contribution is 2.29. The molecule has 1 saturated heterocycles. The van der Waals surface area contributed by atoms with Gasteiger partial charge in [-0.2, -0.15) is 5.26 Å². The van der Waals surface area contributed by atoms with Gasteiger partial charge in [-0.1, -0.05) is 35.3 Å². The van der Waals surface area contributed by atoms with Gasteiger partial charge in [0.25, 0.3) is 11.4 Å². The molecule has 0 atom stereocenters. The Hall–Kier alpha value is -3.58. The second-order valence-electron chi connectivity index (χ2n) is 6.91. The van der Waals surface area contributed by atoms with E-state index in [2.05, 4.69) is 0 Å². The highest BCUT2D eigenvalue weighted by Gasteiger charge is 2.26. The number of likely N-dealkylation sites (tertiary alicyclic amines) is 1. The number of benzene rings is 2. The molecule has 0 aromatic heterocycles. The molecule has 0 bridgehead atoms. The number of nitro groups is 2. The largest absolute Gasteiger partial charge is 0.289 e. The van der Waals surface area contributed by atoms with Crippen molar-refractivity contribution in [3.63, 3.8) is 0 Å².